The maximum atomic E-state index is 6.10. The minimum Gasteiger partial charge on any atom is -0.397 e. The van der Waals surface area contributed by atoms with Crippen molar-refractivity contribution >= 4 is 29.1 Å². The molecule has 0 saturated carbocycles. The zero-order chi connectivity index (χ0) is 12.4. The summed E-state index contributed by atoms with van der Waals surface area (Å²) < 4.78 is 0. The van der Waals surface area contributed by atoms with Crippen LogP contribution in [0.1, 0.15) is 11.1 Å². The van der Waals surface area contributed by atoms with Crippen LogP contribution in [0.3, 0.4) is 0 Å². The molecule has 0 atom stereocenters. The Balaban J connectivity index is 2.31. The van der Waals surface area contributed by atoms with Gasteiger partial charge < -0.3 is 5.73 Å². The van der Waals surface area contributed by atoms with E-state index in [0.717, 1.165) is 9.92 Å². The highest BCUT2D eigenvalue weighted by Gasteiger charge is 2.07. The first kappa shape index (κ1) is 12.3. The fourth-order valence-corrected chi connectivity index (χ4v) is 2.65. The summed E-state index contributed by atoms with van der Waals surface area (Å²) in [6, 6.07) is 8.04. The Labute approximate surface area is 110 Å². The molecule has 2 nitrogen and oxygen atoms in total. The third-order valence-electron chi connectivity index (χ3n) is 2.37. The van der Waals surface area contributed by atoms with E-state index in [1.54, 1.807) is 24.0 Å². The number of nitrogen functional groups attached to an aromatic ring is 1. The number of nitrogens with zero attached hydrogens (tertiary/aromatic N) is 1. The zero-order valence-corrected chi connectivity index (χ0v) is 11.3. The molecule has 0 spiro atoms. The number of anilines is 1. The number of aryl methyl sites for hydroxylation is 2. The molecule has 2 rings (SSSR count). The van der Waals surface area contributed by atoms with Crippen molar-refractivity contribution in [2.75, 3.05) is 5.73 Å². The lowest BCUT2D eigenvalue weighted by molar-refractivity contribution is 1.13. The molecule has 2 aromatic rings. The van der Waals surface area contributed by atoms with Crippen LogP contribution in [0.2, 0.25) is 5.02 Å². The van der Waals surface area contributed by atoms with E-state index in [9.17, 15) is 0 Å². The highest BCUT2D eigenvalue weighted by Crippen LogP contribution is 2.34. The lowest BCUT2D eigenvalue weighted by Crippen LogP contribution is -1.89. The van der Waals surface area contributed by atoms with E-state index in [-0.39, 0.29) is 0 Å². The van der Waals surface area contributed by atoms with Gasteiger partial charge >= 0.3 is 0 Å². The first-order chi connectivity index (χ1) is 8.06. The summed E-state index contributed by atoms with van der Waals surface area (Å²) in [4.78, 5) is 5.40. The number of hydrogen-bond acceptors (Lipinski definition) is 3. The third-order valence-corrected chi connectivity index (χ3v) is 3.96. The summed E-state index contributed by atoms with van der Waals surface area (Å²) in [5.41, 5.74) is 8.68. The molecule has 0 aliphatic heterocycles. The van der Waals surface area contributed by atoms with E-state index >= 15 is 0 Å². The number of benzene rings is 1. The average Bonchev–Trinajstić information content (AvgIpc) is 2.25. The largest absolute Gasteiger partial charge is 0.397 e. The summed E-state index contributed by atoms with van der Waals surface area (Å²) in [5, 5.41) is 1.38. The van der Waals surface area contributed by atoms with Gasteiger partial charge in [-0.1, -0.05) is 41.1 Å². The minimum atomic E-state index is 0.583. The molecule has 17 heavy (non-hydrogen) atoms. The van der Waals surface area contributed by atoms with Gasteiger partial charge in [0.05, 0.1) is 16.9 Å². The molecule has 0 aliphatic rings. The molecule has 1 aromatic carbocycles. The maximum absolute atomic E-state index is 6.10. The first-order valence-electron chi connectivity index (χ1n) is 5.22. The molecule has 4 heteroatoms. The summed E-state index contributed by atoms with van der Waals surface area (Å²) in [6.45, 7) is 4.16. The molecule has 1 heterocycles. The van der Waals surface area contributed by atoms with Crippen LogP contribution in [0.5, 0.6) is 0 Å². The van der Waals surface area contributed by atoms with E-state index in [2.05, 4.69) is 37.0 Å². The van der Waals surface area contributed by atoms with Crippen molar-refractivity contribution in [3.05, 3.63) is 46.6 Å². The predicted molar refractivity (Wildman–Crippen MR) is 73.7 cm³/mol. The van der Waals surface area contributed by atoms with Crippen molar-refractivity contribution in [2.24, 2.45) is 0 Å². The van der Waals surface area contributed by atoms with Crippen LogP contribution in [0.4, 0.5) is 5.69 Å². The Morgan fingerprint density at radius 1 is 1.24 bits per heavy atom. The van der Waals surface area contributed by atoms with E-state index in [1.807, 2.05) is 0 Å². The van der Waals surface area contributed by atoms with E-state index in [0.29, 0.717) is 10.7 Å². The van der Waals surface area contributed by atoms with Gasteiger partial charge in [-0.2, -0.15) is 0 Å². The first-order valence-corrected chi connectivity index (χ1v) is 6.42. The Morgan fingerprint density at radius 3 is 2.65 bits per heavy atom. The quantitative estimate of drug-likeness (QED) is 0.888. The summed E-state index contributed by atoms with van der Waals surface area (Å²) >= 11 is 7.66. The molecule has 0 aliphatic carbocycles. The molecule has 88 valence electrons. The second kappa shape index (κ2) is 4.98. The van der Waals surface area contributed by atoms with Crippen LogP contribution in [0.15, 0.2) is 40.4 Å². The van der Waals surface area contributed by atoms with Crippen molar-refractivity contribution in [3.63, 3.8) is 0 Å². The van der Waals surface area contributed by atoms with Gasteiger partial charge in [-0.25, -0.2) is 4.98 Å². The molecule has 0 radical (unpaired) electrons. The molecule has 2 N–H and O–H groups in total. The van der Waals surface area contributed by atoms with Crippen LogP contribution in [-0.2, 0) is 0 Å². The second-order valence-electron chi connectivity index (χ2n) is 3.93. The smallest absolute Gasteiger partial charge is 0.120 e. The SMILES string of the molecule is Cc1ccc(Sc2ncc(N)cc2Cl)c(C)c1. The number of hydrogen-bond donors (Lipinski definition) is 1. The second-order valence-corrected chi connectivity index (χ2v) is 5.36. The van der Waals surface area contributed by atoms with E-state index < -0.39 is 0 Å². The molecule has 0 fully saturated rings. The van der Waals surface area contributed by atoms with Crippen LogP contribution in [-0.4, -0.2) is 4.98 Å². The lowest BCUT2D eigenvalue weighted by Gasteiger charge is -2.07. The molecule has 0 unspecified atom stereocenters. The molecule has 0 saturated heterocycles. The fraction of sp³-hybridized carbons (Fsp3) is 0.154. The topological polar surface area (TPSA) is 38.9 Å². The van der Waals surface area contributed by atoms with Crippen LogP contribution < -0.4 is 5.73 Å². The standard InChI is InChI=1S/C13H13ClN2S/c1-8-3-4-12(9(2)5-8)17-13-11(14)6-10(15)7-16-13/h3-7H,15H2,1-2H3. The fourth-order valence-electron chi connectivity index (χ4n) is 1.53. The summed E-state index contributed by atoms with van der Waals surface area (Å²) in [6.07, 6.45) is 1.62. The van der Waals surface area contributed by atoms with Crippen LogP contribution in [0.25, 0.3) is 0 Å². The van der Waals surface area contributed by atoms with Gasteiger partial charge in [-0.3, -0.25) is 0 Å². The Kier molecular flexibility index (Phi) is 3.60. The van der Waals surface area contributed by atoms with E-state index in [1.165, 1.54) is 11.1 Å². The predicted octanol–water partition coefficient (Wildman–Crippen LogP) is 4.09. The van der Waals surface area contributed by atoms with E-state index in [4.69, 9.17) is 17.3 Å². The number of pyridine rings is 1. The number of nitrogens with two attached hydrogens (primary N) is 1. The monoisotopic (exact) mass is 264 g/mol. The summed E-state index contributed by atoms with van der Waals surface area (Å²) in [5.74, 6) is 0. The number of rotatable bonds is 2. The highest BCUT2D eigenvalue weighted by molar-refractivity contribution is 7.99. The maximum Gasteiger partial charge on any atom is 0.120 e. The molecule has 1 aromatic heterocycles. The molecule has 0 amide bonds. The van der Waals surface area contributed by atoms with Crippen molar-refractivity contribution in [1.82, 2.24) is 4.98 Å². The van der Waals surface area contributed by atoms with Crippen molar-refractivity contribution in [1.29, 1.82) is 0 Å². The molecular formula is C13H13ClN2S. The van der Waals surface area contributed by atoms with Gasteiger partial charge in [0, 0.05) is 4.90 Å². The Bertz CT molecular complexity index is 506. The van der Waals surface area contributed by atoms with Gasteiger partial charge in [0.1, 0.15) is 5.03 Å². The van der Waals surface area contributed by atoms with Gasteiger partial charge in [-0.15, -0.1) is 0 Å². The molecular weight excluding hydrogens is 252 g/mol. The normalized spacial score (nSPS) is 10.5. The van der Waals surface area contributed by atoms with Gasteiger partial charge in [0.15, 0.2) is 0 Å². The summed E-state index contributed by atoms with van der Waals surface area (Å²) in [7, 11) is 0. The Hall–Kier alpha value is -1.19. The van der Waals surface area contributed by atoms with Crippen molar-refractivity contribution in [3.8, 4) is 0 Å². The molecule has 0 bridgehead atoms. The zero-order valence-electron chi connectivity index (χ0n) is 9.70. The van der Waals surface area contributed by atoms with Crippen molar-refractivity contribution in [2.45, 2.75) is 23.8 Å². The van der Waals surface area contributed by atoms with Gasteiger partial charge in [0.25, 0.3) is 0 Å². The van der Waals surface area contributed by atoms with Gasteiger partial charge in [0.2, 0.25) is 0 Å². The average molecular weight is 265 g/mol. The van der Waals surface area contributed by atoms with Gasteiger partial charge in [-0.05, 0) is 31.5 Å². The van der Waals surface area contributed by atoms with Crippen molar-refractivity contribution < 1.29 is 0 Å². The third kappa shape index (κ3) is 2.93. The highest BCUT2D eigenvalue weighted by atomic mass is 35.5. The van der Waals surface area contributed by atoms with Crippen LogP contribution >= 0.6 is 23.4 Å². The lowest BCUT2D eigenvalue weighted by atomic mass is 10.2. The van der Waals surface area contributed by atoms with Crippen LogP contribution in [0, 0.1) is 13.8 Å². The Morgan fingerprint density at radius 2 is 2.00 bits per heavy atom. The number of aromatic nitrogens is 1. The minimum absolute atomic E-state index is 0.583. The number of halogens is 1.